The summed E-state index contributed by atoms with van der Waals surface area (Å²) in [7, 11) is 0. The van der Waals surface area contributed by atoms with Crippen molar-refractivity contribution in [3.05, 3.63) is 45.6 Å². The Morgan fingerprint density at radius 2 is 2.05 bits per heavy atom. The van der Waals surface area contributed by atoms with Crippen molar-refractivity contribution in [1.29, 1.82) is 0 Å². The Bertz CT molecular complexity index is 652. The van der Waals surface area contributed by atoms with Crippen LogP contribution in [0.1, 0.15) is 16.0 Å². The highest BCUT2D eigenvalue weighted by atomic mass is 32.1. The van der Waals surface area contributed by atoms with Crippen molar-refractivity contribution in [2.24, 2.45) is 0 Å². The molecule has 0 spiro atoms. The van der Waals surface area contributed by atoms with Gasteiger partial charge in [-0.3, -0.25) is 4.79 Å². The smallest absolute Gasteiger partial charge is 0.225 e. The van der Waals surface area contributed by atoms with E-state index in [0.29, 0.717) is 26.2 Å². The van der Waals surface area contributed by atoms with Crippen LogP contribution in [0.25, 0.3) is 0 Å². The second kappa shape index (κ2) is 6.83. The molecule has 0 atom stereocenters. The Morgan fingerprint density at radius 1 is 1.27 bits per heavy atom. The fourth-order valence-electron chi connectivity index (χ4n) is 2.47. The minimum Gasteiger partial charge on any atom is -0.486 e. The lowest BCUT2D eigenvalue weighted by molar-refractivity contribution is -0.120. The first-order chi connectivity index (χ1) is 10.7. The summed E-state index contributed by atoms with van der Waals surface area (Å²) >= 11 is 1.61. The number of nitrogens with one attached hydrogen (secondary N) is 1. The maximum absolute atomic E-state index is 11.9. The van der Waals surface area contributed by atoms with Crippen LogP contribution in [-0.2, 0) is 17.6 Å². The van der Waals surface area contributed by atoms with Crippen molar-refractivity contribution >= 4 is 17.2 Å². The third-order valence-corrected chi connectivity index (χ3v) is 4.51. The minimum atomic E-state index is 0.0673. The van der Waals surface area contributed by atoms with Crippen molar-refractivity contribution < 1.29 is 14.3 Å². The molecule has 1 aromatic carbocycles. The molecule has 0 aliphatic carbocycles. The number of thiophene rings is 1. The van der Waals surface area contributed by atoms with E-state index >= 15 is 0 Å². The minimum absolute atomic E-state index is 0.0673. The topological polar surface area (TPSA) is 47.6 Å². The molecule has 0 bridgehead atoms. The number of benzene rings is 1. The highest BCUT2D eigenvalue weighted by Crippen LogP contribution is 2.33. The zero-order chi connectivity index (χ0) is 15.4. The van der Waals surface area contributed by atoms with Crippen molar-refractivity contribution in [2.45, 2.75) is 19.8 Å². The summed E-state index contributed by atoms with van der Waals surface area (Å²) in [5.41, 5.74) is 2.34. The Morgan fingerprint density at radius 3 is 2.77 bits per heavy atom. The molecule has 2 aromatic rings. The molecule has 0 saturated heterocycles. The van der Waals surface area contributed by atoms with E-state index in [-0.39, 0.29) is 5.91 Å². The molecular weight excluding hydrogens is 298 g/mol. The van der Waals surface area contributed by atoms with Crippen LogP contribution in [0.4, 0.5) is 0 Å². The molecule has 4 nitrogen and oxygen atoms in total. The van der Waals surface area contributed by atoms with E-state index < -0.39 is 0 Å². The quantitative estimate of drug-likeness (QED) is 0.922. The number of hydrogen-bond acceptors (Lipinski definition) is 4. The molecule has 0 radical (unpaired) electrons. The SMILES string of the molecule is Cc1cc2c(cc1CCNC(=O)Cc1cccs1)OCCO2. The van der Waals surface area contributed by atoms with Gasteiger partial charge >= 0.3 is 0 Å². The predicted molar refractivity (Wildman–Crippen MR) is 86.9 cm³/mol. The second-order valence-electron chi connectivity index (χ2n) is 5.28. The predicted octanol–water partition coefficient (Wildman–Crippen LogP) is 2.73. The van der Waals surface area contributed by atoms with Gasteiger partial charge in [-0.05, 0) is 48.1 Å². The summed E-state index contributed by atoms with van der Waals surface area (Å²) in [5.74, 6) is 1.68. The lowest BCUT2D eigenvalue weighted by Gasteiger charge is -2.20. The molecule has 1 aliphatic heterocycles. The molecule has 1 aromatic heterocycles. The monoisotopic (exact) mass is 317 g/mol. The zero-order valence-electron chi connectivity index (χ0n) is 12.6. The number of amides is 1. The van der Waals surface area contributed by atoms with Crippen molar-refractivity contribution in [3.63, 3.8) is 0 Å². The fourth-order valence-corrected chi connectivity index (χ4v) is 3.18. The molecule has 22 heavy (non-hydrogen) atoms. The van der Waals surface area contributed by atoms with E-state index in [1.54, 1.807) is 11.3 Å². The molecule has 2 heterocycles. The van der Waals surface area contributed by atoms with Crippen LogP contribution in [0.3, 0.4) is 0 Å². The van der Waals surface area contributed by atoms with Crippen LogP contribution in [-0.4, -0.2) is 25.7 Å². The van der Waals surface area contributed by atoms with Crippen molar-refractivity contribution in [3.8, 4) is 11.5 Å². The van der Waals surface area contributed by atoms with Gasteiger partial charge in [-0.1, -0.05) is 6.07 Å². The molecule has 0 unspecified atom stereocenters. The van der Waals surface area contributed by atoms with Gasteiger partial charge in [-0.2, -0.15) is 0 Å². The summed E-state index contributed by atoms with van der Waals surface area (Å²) in [4.78, 5) is 13.0. The van der Waals surface area contributed by atoms with Crippen LogP contribution >= 0.6 is 11.3 Å². The van der Waals surface area contributed by atoms with Crippen molar-refractivity contribution in [2.75, 3.05) is 19.8 Å². The Kier molecular flexibility index (Phi) is 4.63. The number of rotatable bonds is 5. The first-order valence-corrected chi connectivity index (χ1v) is 8.28. The average Bonchev–Trinajstić information content (AvgIpc) is 3.00. The number of ether oxygens (including phenoxy) is 2. The van der Waals surface area contributed by atoms with E-state index in [0.717, 1.165) is 28.4 Å². The first kappa shape index (κ1) is 14.9. The fraction of sp³-hybridized carbons (Fsp3) is 0.353. The molecule has 3 rings (SSSR count). The van der Waals surface area contributed by atoms with Crippen LogP contribution in [0.5, 0.6) is 11.5 Å². The zero-order valence-corrected chi connectivity index (χ0v) is 13.4. The highest BCUT2D eigenvalue weighted by Gasteiger charge is 2.14. The van der Waals surface area contributed by atoms with Gasteiger partial charge < -0.3 is 14.8 Å². The molecular formula is C17H19NO3S. The third kappa shape index (κ3) is 3.60. The van der Waals surface area contributed by atoms with Crippen LogP contribution < -0.4 is 14.8 Å². The third-order valence-electron chi connectivity index (χ3n) is 3.63. The van der Waals surface area contributed by atoms with Crippen molar-refractivity contribution in [1.82, 2.24) is 5.32 Å². The highest BCUT2D eigenvalue weighted by molar-refractivity contribution is 7.10. The van der Waals surface area contributed by atoms with Gasteiger partial charge in [0.25, 0.3) is 0 Å². The Hall–Kier alpha value is -2.01. The van der Waals surface area contributed by atoms with Gasteiger partial charge in [0.05, 0.1) is 6.42 Å². The van der Waals surface area contributed by atoms with Crippen LogP contribution in [0, 0.1) is 6.92 Å². The molecule has 116 valence electrons. The molecule has 1 amide bonds. The van der Waals surface area contributed by atoms with E-state index in [2.05, 4.69) is 12.2 Å². The van der Waals surface area contributed by atoms with Gasteiger partial charge in [0.15, 0.2) is 11.5 Å². The number of fused-ring (bicyclic) bond motifs is 1. The van der Waals surface area contributed by atoms with E-state index in [4.69, 9.17) is 9.47 Å². The van der Waals surface area contributed by atoms with Gasteiger partial charge in [0, 0.05) is 11.4 Å². The summed E-state index contributed by atoms with van der Waals surface area (Å²) in [5, 5.41) is 4.96. The first-order valence-electron chi connectivity index (χ1n) is 7.40. The molecule has 0 saturated carbocycles. The van der Waals surface area contributed by atoms with Crippen LogP contribution in [0.15, 0.2) is 29.6 Å². The molecule has 1 N–H and O–H groups in total. The second-order valence-corrected chi connectivity index (χ2v) is 6.31. The van der Waals surface area contributed by atoms with Crippen LogP contribution in [0.2, 0.25) is 0 Å². The molecule has 1 aliphatic rings. The number of carbonyl (C=O) groups is 1. The lowest BCUT2D eigenvalue weighted by Crippen LogP contribution is -2.27. The largest absolute Gasteiger partial charge is 0.486 e. The molecule has 0 fully saturated rings. The Labute approximate surface area is 134 Å². The maximum Gasteiger partial charge on any atom is 0.225 e. The summed E-state index contributed by atoms with van der Waals surface area (Å²) in [6.07, 6.45) is 1.25. The van der Waals surface area contributed by atoms with Gasteiger partial charge in [0.2, 0.25) is 5.91 Å². The number of hydrogen-bond donors (Lipinski definition) is 1. The molecule has 5 heteroatoms. The maximum atomic E-state index is 11.9. The van der Waals surface area contributed by atoms with E-state index in [1.165, 1.54) is 5.56 Å². The summed E-state index contributed by atoms with van der Waals surface area (Å²) in [6.45, 7) is 3.88. The van der Waals surface area contributed by atoms with Gasteiger partial charge in [0.1, 0.15) is 13.2 Å². The number of aryl methyl sites for hydroxylation is 1. The van der Waals surface area contributed by atoms with E-state index in [1.807, 2.05) is 29.6 Å². The average molecular weight is 317 g/mol. The van der Waals surface area contributed by atoms with E-state index in [9.17, 15) is 4.79 Å². The standard InChI is InChI=1S/C17H19NO3S/c1-12-9-15-16(21-7-6-20-15)10-13(12)4-5-18-17(19)11-14-3-2-8-22-14/h2-3,8-10H,4-7,11H2,1H3,(H,18,19). The lowest BCUT2D eigenvalue weighted by atomic mass is 10.0. The van der Waals surface area contributed by atoms with Gasteiger partial charge in [-0.25, -0.2) is 0 Å². The number of carbonyl (C=O) groups excluding carboxylic acids is 1. The van der Waals surface area contributed by atoms with Gasteiger partial charge in [-0.15, -0.1) is 11.3 Å². The Balaban J connectivity index is 1.54. The summed E-state index contributed by atoms with van der Waals surface area (Å²) < 4.78 is 11.2. The normalized spacial score (nSPS) is 13.0. The summed E-state index contributed by atoms with van der Waals surface area (Å²) in [6, 6.07) is 7.98.